The van der Waals surface area contributed by atoms with Crippen molar-refractivity contribution < 1.29 is 24.5 Å². The summed E-state index contributed by atoms with van der Waals surface area (Å²) in [5.41, 5.74) is 2.78. The molecule has 0 saturated heterocycles. The highest BCUT2D eigenvalue weighted by atomic mass is 16.5. The number of ether oxygens (including phenoxy) is 1. The molecule has 1 aromatic heterocycles. The summed E-state index contributed by atoms with van der Waals surface area (Å²) in [6, 6.07) is 17.6. The molecule has 0 aliphatic heterocycles. The summed E-state index contributed by atoms with van der Waals surface area (Å²) in [5, 5.41) is 23.8. The smallest absolute Gasteiger partial charge is 0.414 e. The zero-order valence-corrected chi connectivity index (χ0v) is 15.0. The van der Waals surface area contributed by atoms with Crippen LogP contribution < -0.4 is 4.74 Å². The lowest BCUT2D eigenvalue weighted by Gasteiger charge is -2.08. The average Bonchev–Trinajstić information content (AvgIpc) is 3.11. The second-order valence-corrected chi connectivity index (χ2v) is 5.70. The molecular formula is C20H19N3O5. The van der Waals surface area contributed by atoms with Crippen molar-refractivity contribution in [3.05, 3.63) is 60.4 Å². The lowest BCUT2D eigenvalue weighted by Crippen LogP contribution is -2.09. The molecule has 0 aliphatic rings. The van der Waals surface area contributed by atoms with Crippen molar-refractivity contribution in [3.63, 3.8) is 0 Å². The Kier molecular flexibility index (Phi) is 7.54. The van der Waals surface area contributed by atoms with Gasteiger partial charge in [-0.25, -0.2) is 14.6 Å². The standard InChI is InChI=1S/C18H17N3O.C2H2O4/c19-13-15-7-1-4-10-18(15)22-12-6-5-11-21-14-20-16-8-2-3-9-17(16)21;3-1(4)2(5)6/h1-4,7-10,14H,5-6,11-12H2;(H,3,4)(H,5,6). The largest absolute Gasteiger partial charge is 0.492 e. The summed E-state index contributed by atoms with van der Waals surface area (Å²) in [6.07, 6.45) is 3.83. The van der Waals surface area contributed by atoms with Crippen molar-refractivity contribution in [2.45, 2.75) is 19.4 Å². The Hall–Kier alpha value is -3.86. The maximum absolute atomic E-state index is 9.10. The van der Waals surface area contributed by atoms with Crippen molar-refractivity contribution in [2.75, 3.05) is 6.61 Å². The van der Waals surface area contributed by atoms with Crippen molar-refractivity contribution >= 4 is 23.0 Å². The highest BCUT2D eigenvalue weighted by Crippen LogP contribution is 2.17. The number of imidazole rings is 1. The van der Waals surface area contributed by atoms with Crippen LogP contribution in [0.5, 0.6) is 5.75 Å². The zero-order valence-electron chi connectivity index (χ0n) is 15.0. The maximum Gasteiger partial charge on any atom is 0.414 e. The molecule has 0 saturated carbocycles. The van der Waals surface area contributed by atoms with E-state index in [1.165, 1.54) is 5.52 Å². The molecule has 0 unspecified atom stereocenters. The summed E-state index contributed by atoms with van der Waals surface area (Å²) in [6.45, 7) is 1.54. The van der Waals surface area contributed by atoms with Crippen LogP contribution in [0.15, 0.2) is 54.9 Å². The molecule has 3 aromatic rings. The number of aliphatic carboxylic acids is 2. The number of unbranched alkanes of at least 4 members (excludes halogenated alkanes) is 1. The van der Waals surface area contributed by atoms with Gasteiger partial charge in [0.15, 0.2) is 0 Å². The van der Waals surface area contributed by atoms with Crippen LogP contribution in [0.4, 0.5) is 0 Å². The third kappa shape index (κ3) is 5.85. The molecular weight excluding hydrogens is 362 g/mol. The number of fused-ring (bicyclic) bond motifs is 1. The topological polar surface area (TPSA) is 125 Å². The van der Waals surface area contributed by atoms with Gasteiger partial charge in [0.05, 0.1) is 29.5 Å². The Bertz CT molecular complexity index is 979. The van der Waals surface area contributed by atoms with Gasteiger partial charge in [-0.3, -0.25) is 0 Å². The van der Waals surface area contributed by atoms with Crippen molar-refractivity contribution in [1.82, 2.24) is 9.55 Å². The third-order valence-corrected chi connectivity index (χ3v) is 3.77. The van der Waals surface area contributed by atoms with E-state index in [0.29, 0.717) is 17.9 Å². The molecule has 0 spiro atoms. The quantitative estimate of drug-likeness (QED) is 0.496. The molecule has 0 fully saturated rings. The second-order valence-electron chi connectivity index (χ2n) is 5.70. The molecule has 3 rings (SSSR count). The van der Waals surface area contributed by atoms with Crippen molar-refractivity contribution in [1.29, 1.82) is 5.26 Å². The number of benzene rings is 2. The summed E-state index contributed by atoms with van der Waals surface area (Å²) in [5.74, 6) is -2.98. The molecule has 2 N–H and O–H groups in total. The SMILES string of the molecule is N#Cc1ccccc1OCCCCn1cnc2ccccc21.O=C(O)C(=O)O. The van der Waals surface area contributed by atoms with Gasteiger partial charge < -0.3 is 19.5 Å². The number of carboxylic acid groups (broad SMARTS) is 2. The molecule has 28 heavy (non-hydrogen) atoms. The lowest BCUT2D eigenvalue weighted by molar-refractivity contribution is -0.159. The Morgan fingerprint density at radius 1 is 1.04 bits per heavy atom. The van der Waals surface area contributed by atoms with Gasteiger partial charge in [0.2, 0.25) is 0 Å². The van der Waals surface area contributed by atoms with Gasteiger partial charge in [0.1, 0.15) is 11.8 Å². The molecule has 1 heterocycles. The van der Waals surface area contributed by atoms with E-state index in [2.05, 4.69) is 21.7 Å². The fourth-order valence-corrected chi connectivity index (χ4v) is 2.44. The Morgan fingerprint density at radius 2 is 1.71 bits per heavy atom. The first-order chi connectivity index (χ1) is 13.5. The normalized spacial score (nSPS) is 9.82. The fraction of sp³-hybridized carbons (Fsp3) is 0.200. The number of carboxylic acids is 2. The van der Waals surface area contributed by atoms with Crippen LogP contribution in [0.2, 0.25) is 0 Å². The molecule has 2 aromatic carbocycles. The number of carbonyl (C=O) groups is 2. The molecule has 8 nitrogen and oxygen atoms in total. The number of para-hydroxylation sites is 3. The van der Waals surface area contributed by atoms with Crippen molar-refractivity contribution in [2.24, 2.45) is 0 Å². The lowest BCUT2D eigenvalue weighted by atomic mass is 10.2. The number of nitrogens with zero attached hydrogens (tertiary/aromatic N) is 3. The summed E-state index contributed by atoms with van der Waals surface area (Å²) >= 11 is 0. The Labute approximate surface area is 161 Å². The van der Waals surface area contributed by atoms with Gasteiger partial charge in [-0.1, -0.05) is 24.3 Å². The van der Waals surface area contributed by atoms with Crippen LogP contribution in [0, 0.1) is 11.3 Å². The van der Waals surface area contributed by atoms with Gasteiger partial charge in [0.25, 0.3) is 0 Å². The highest BCUT2D eigenvalue weighted by molar-refractivity contribution is 6.27. The number of nitriles is 1. The van der Waals surface area contributed by atoms with E-state index in [9.17, 15) is 0 Å². The monoisotopic (exact) mass is 381 g/mol. The molecule has 8 heteroatoms. The molecule has 144 valence electrons. The number of hydrogen-bond acceptors (Lipinski definition) is 5. The minimum absolute atomic E-state index is 0.586. The maximum atomic E-state index is 9.10. The summed E-state index contributed by atoms with van der Waals surface area (Å²) < 4.78 is 7.85. The summed E-state index contributed by atoms with van der Waals surface area (Å²) in [4.78, 5) is 22.6. The predicted octanol–water partition coefficient (Wildman–Crippen LogP) is 2.92. The van der Waals surface area contributed by atoms with E-state index in [-0.39, 0.29) is 0 Å². The first-order valence-electron chi connectivity index (χ1n) is 8.51. The van der Waals surface area contributed by atoms with Crippen LogP contribution >= 0.6 is 0 Å². The molecule has 0 bridgehead atoms. The Balaban J connectivity index is 0.000000409. The van der Waals surface area contributed by atoms with E-state index in [1.54, 1.807) is 6.07 Å². The first kappa shape index (κ1) is 20.5. The van der Waals surface area contributed by atoms with E-state index in [0.717, 1.165) is 24.9 Å². The first-order valence-corrected chi connectivity index (χ1v) is 8.51. The number of aromatic nitrogens is 2. The molecule has 0 amide bonds. The number of aryl methyl sites for hydroxylation is 1. The van der Waals surface area contributed by atoms with Crippen LogP contribution in [-0.2, 0) is 16.1 Å². The van der Waals surface area contributed by atoms with Crippen molar-refractivity contribution in [3.8, 4) is 11.8 Å². The molecule has 0 aliphatic carbocycles. The predicted molar refractivity (Wildman–Crippen MR) is 101 cm³/mol. The zero-order chi connectivity index (χ0) is 20.4. The van der Waals surface area contributed by atoms with Crippen LogP contribution in [0.3, 0.4) is 0 Å². The third-order valence-electron chi connectivity index (χ3n) is 3.77. The minimum Gasteiger partial charge on any atom is -0.492 e. The van der Waals surface area contributed by atoms with Gasteiger partial charge in [0, 0.05) is 6.54 Å². The second kappa shape index (κ2) is 10.3. The highest BCUT2D eigenvalue weighted by Gasteiger charge is 2.04. The van der Waals surface area contributed by atoms with Gasteiger partial charge in [-0.15, -0.1) is 0 Å². The van der Waals surface area contributed by atoms with Crippen LogP contribution in [0.25, 0.3) is 11.0 Å². The average molecular weight is 381 g/mol. The van der Waals surface area contributed by atoms with E-state index in [4.69, 9.17) is 29.8 Å². The van der Waals surface area contributed by atoms with E-state index >= 15 is 0 Å². The Morgan fingerprint density at radius 3 is 2.43 bits per heavy atom. The summed E-state index contributed by atoms with van der Waals surface area (Å²) in [7, 11) is 0. The minimum atomic E-state index is -1.82. The van der Waals surface area contributed by atoms with E-state index in [1.807, 2.05) is 42.7 Å². The fourth-order valence-electron chi connectivity index (χ4n) is 2.44. The van der Waals surface area contributed by atoms with E-state index < -0.39 is 11.9 Å². The van der Waals surface area contributed by atoms with Gasteiger partial charge in [-0.2, -0.15) is 5.26 Å². The van der Waals surface area contributed by atoms with Crippen LogP contribution in [0.1, 0.15) is 18.4 Å². The van der Waals surface area contributed by atoms with Crippen LogP contribution in [-0.4, -0.2) is 38.3 Å². The molecule has 0 atom stereocenters. The number of hydrogen-bond donors (Lipinski definition) is 2. The molecule has 0 radical (unpaired) electrons. The van der Waals surface area contributed by atoms with Gasteiger partial charge in [-0.05, 0) is 37.1 Å². The van der Waals surface area contributed by atoms with Gasteiger partial charge >= 0.3 is 11.9 Å². The number of rotatable bonds is 6.